The Morgan fingerprint density at radius 2 is 1.82 bits per heavy atom. The molecular formula is C18H15ClF2N2O5. The maximum Gasteiger partial charge on any atom is 0.387 e. The molecule has 0 saturated heterocycles. The molecule has 148 valence electrons. The molecule has 0 aliphatic carbocycles. The second-order valence-electron chi connectivity index (χ2n) is 5.28. The van der Waals surface area contributed by atoms with Gasteiger partial charge in [0.2, 0.25) is 0 Å². The molecule has 0 aromatic heterocycles. The number of amides is 2. The fourth-order valence-electron chi connectivity index (χ4n) is 2.06. The average molecular weight is 413 g/mol. The lowest BCUT2D eigenvalue weighted by atomic mass is 10.2. The molecule has 0 spiro atoms. The first-order chi connectivity index (χ1) is 13.3. The quantitative estimate of drug-likeness (QED) is 0.650. The van der Waals surface area contributed by atoms with Gasteiger partial charge in [-0.2, -0.15) is 8.78 Å². The van der Waals surface area contributed by atoms with E-state index in [-0.39, 0.29) is 11.3 Å². The van der Waals surface area contributed by atoms with Crippen LogP contribution < -0.4 is 15.4 Å². The van der Waals surface area contributed by atoms with E-state index in [1.807, 2.05) is 0 Å². The van der Waals surface area contributed by atoms with E-state index < -0.39 is 37.5 Å². The van der Waals surface area contributed by atoms with Gasteiger partial charge in [-0.15, -0.1) is 0 Å². The fourth-order valence-corrected chi connectivity index (χ4v) is 2.25. The monoisotopic (exact) mass is 412 g/mol. The smallest absolute Gasteiger partial charge is 0.387 e. The molecule has 7 nitrogen and oxygen atoms in total. The molecule has 0 aliphatic rings. The van der Waals surface area contributed by atoms with E-state index in [1.165, 1.54) is 30.3 Å². The number of esters is 1. The summed E-state index contributed by atoms with van der Waals surface area (Å²) in [7, 11) is 0. The lowest BCUT2D eigenvalue weighted by Crippen LogP contribution is -2.32. The third-order valence-electron chi connectivity index (χ3n) is 3.21. The summed E-state index contributed by atoms with van der Waals surface area (Å²) in [5, 5.41) is 5.11. The molecule has 0 bridgehead atoms. The lowest BCUT2D eigenvalue weighted by molar-refractivity contribution is -0.146. The highest BCUT2D eigenvalue weighted by Crippen LogP contribution is 2.20. The Hall–Kier alpha value is -3.20. The molecule has 2 aromatic carbocycles. The molecule has 0 heterocycles. The van der Waals surface area contributed by atoms with Crippen LogP contribution in [0, 0.1) is 0 Å². The number of carbonyl (C=O) groups excluding carboxylic acids is 3. The maximum atomic E-state index is 12.4. The number of nitrogens with one attached hydrogen (secondary N) is 2. The Labute approximate surface area is 163 Å². The first kappa shape index (κ1) is 21.1. The number of benzene rings is 2. The average Bonchev–Trinajstić information content (AvgIpc) is 2.64. The number of alkyl halides is 2. The van der Waals surface area contributed by atoms with Crippen LogP contribution in [0.5, 0.6) is 5.75 Å². The van der Waals surface area contributed by atoms with Crippen LogP contribution in [-0.2, 0) is 14.3 Å². The molecule has 2 aromatic rings. The molecule has 0 radical (unpaired) electrons. The molecule has 0 saturated carbocycles. The van der Waals surface area contributed by atoms with E-state index in [1.54, 1.807) is 18.2 Å². The van der Waals surface area contributed by atoms with Crippen molar-refractivity contribution in [3.8, 4) is 5.75 Å². The van der Waals surface area contributed by atoms with Crippen LogP contribution in [0.15, 0.2) is 48.5 Å². The summed E-state index contributed by atoms with van der Waals surface area (Å²) in [5.74, 6) is -2.62. The molecule has 0 fully saturated rings. The van der Waals surface area contributed by atoms with Gasteiger partial charge in [-0.3, -0.25) is 14.4 Å². The van der Waals surface area contributed by atoms with Crippen molar-refractivity contribution < 1.29 is 32.6 Å². The summed E-state index contributed by atoms with van der Waals surface area (Å²) >= 11 is 5.79. The number of ether oxygens (including phenoxy) is 2. The Morgan fingerprint density at radius 3 is 2.54 bits per heavy atom. The van der Waals surface area contributed by atoms with Gasteiger partial charge in [-0.1, -0.05) is 29.8 Å². The number of rotatable bonds is 8. The van der Waals surface area contributed by atoms with Gasteiger partial charge < -0.3 is 20.1 Å². The first-order valence-corrected chi connectivity index (χ1v) is 8.26. The third-order valence-corrected chi connectivity index (χ3v) is 3.45. The molecular weight excluding hydrogens is 398 g/mol. The lowest BCUT2D eigenvalue weighted by Gasteiger charge is -2.11. The van der Waals surface area contributed by atoms with Gasteiger partial charge in [0.25, 0.3) is 11.8 Å². The number of carbonyl (C=O) groups is 3. The molecule has 2 rings (SSSR count). The van der Waals surface area contributed by atoms with Gasteiger partial charge in [-0.05, 0) is 30.3 Å². The van der Waals surface area contributed by atoms with Crippen molar-refractivity contribution in [3.63, 3.8) is 0 Å². The summed E-state index contributed by atoms with van der Waals surface area (Å²) in [6.45, 7) is -4.24. The summed E-state index contributed by atoms with van der Waals surface area (Å²) < 4.78 is 33.7. The number of anilines is 1. The highest BCUT2D eigenvalue weighted by Gasteiger charge is 2.16. The zero-order valence-electron chi connectivity index (χ0n) is 14.3. The van der Waals surface area contributed by atoms with Crippen LogP contribution in [0.4, 0.5) is 14.5 Å². The first-order valence-electron chi connectivity index (χ1n) is 7.88. The minimum absolute atomic E-state index is 0.172. The molecule has 0 aliphatic heterocycles. The van der Waals surface area contributed by atoms with E-state index in [9.17, 15) is 23.2 Å². The molecule has 0 unspecified atom stereocenters. The van der Waals surface area contributed by atoms with Crippen molar-refractivity contribution >= 4 is 35.1 Å². The number of halogens is 3. The van der Waals surface area contributed by atoms with Crippen LogP contribution in [0.3, 0.4) is 0 Å². The largest absolute Gasteiger partial charge is 0.454 e. The summed E-state index contributed by atoms with van der Waals surface area (Å²) in [6, 6.07) is 11.7. The highest BCUT2D eigenvalue weighted by atomic mass is 35.5. The van der Waals surface area contributed by atoms with E-state index in [4.69, 9.17) is 16.3 Å². The maximum absolute atomic E-state index is 12.4. The number of hydrogen-bond acceptors (Lipinski definition) is 5. The van der Waals surface area contributed by atoms with Crippen LogP contribution in [0.1, 0.15) is 10.4 Å². The van der Waals surface area contributed by atoms with Gasteiger partial charge in [0, 0.05) is 10.7 Å². The molecule has 2 N–H and O–H groups in total. The highest BCUT2D eigenvalue weighted by molar-refractivity contribution is 6.30. The van der Waals surface area contributed by atoms with Crippen LogP contribution in [-0.4, -0.2) is 37.5 Å². The van der Waals surface area contributed by atoms with E-state index >= 15 is 0 Å². The van der Waals surface area contributed by atoms with E-state index in [0.717, 1.165) is 0 Å². The second-order valence-corrected chi connectivity index (χ2v) is 5.71. The van der Waals surface area contributed by atoms with Crippen molar-refractivity contribution in [1.29, 1.82) is 0 Å². The van der Waals surface area contributed by atoms with E-state index in [0.29, 0.717) is 10.7 Å². The van der Waals surface area contributed by atoms with Gasteiger partial charge in [0.1, 0.15) is 12.3 Å². The van der Waals surface area contributed by atoms with Crippen molar-refractivity contribution in [2.45, 2.75) is 6.61 Å². The minimum atomic E-state index is -3.10. The van der Waals surface area contributed by atoms with E-state index in [2.05, 4.69) is 15.4 Å². The van der Waals surface area contributed by atoms with Gasteiger partial charge >= 0.3 is 12.6 Å². The zero-order chi connectivity index (χ0) is 20.5. The van der Waals surface area contributed by atoms with Crippen molar-refractivity contribution in [2.24, 2.45) is 0 Å². The molecule has 0 atom stereocenters. The van der Waals surface area contributed by atoms with Crippen molar-refractivity contribution in [1.82, 2.24) is 5.32 Å². The number of hydrogen-bond donors (Lipinski definition) is 2. The fraction of sp³-hybridized carbons (Fsp3) is 0.167. The topological polar surface area (TPSA) is 93.7 Å². The number of para-hydroxylation sites is 1. The predicted molar refractivity (Wildman–Crippen MR) is 96.4 cm³/mol. The Balaban J connectivity index is 1.79. The normalized spacial score (nSPS) is 10.3. The Kier molecular flexibility index (Phi) is 7.70. The van der Waals surface area contributed by atoms with Crippen LogP contribution in [0.25, 0.3) is 0 Å². The van der Waals surface area contributed by atoms with Gasteiger partial charge in [0.05, 0.1) is 5.56 Å². The van der Waals surface area contributed by atoms with Gasteiger partial charge in [-0.25, -0.2) is 0 Å². The Morgan fingerprint density at radius 1 is 1.07 bits per heavy atom. The minimum Gasteiger partial charge on any atom is -0.454 e. The molecule has 10 heteroatoms. The van der Waals surface area contributed by atoms with Crippen molar-refractivity contribution in [2.75, 3.05) is 18.5 Å². The zero-order valence-corrected chi connectivity index (χ0v) is 15.0. The predicted octanol–water partition coefficient (Wildman–Crippen LogP) is 2.85. The second kappa shape index (κ2) is 10.2. The third kappa shape index (κ3) is 6.84. The summed E-state index contributed by atoms with van der Waals surface area (Å²) in [6.07, 6.45) is 0. The molecule has 28 heavy (non-hydrogen) atoms. The van der Waals surface area contributed by atoms with Crippen molar-refractivity contribution in [3.05, 3.63) is 59.1 Å². The van der Waals surface area contributed by atoms with Crippen LogP contribution >= 0.6 is 11.6 Å². The summed E-state index contributed by atoms with van der Waals surface area (Å²) in [4.78, 5) is 35.4. The summed E-state index contributed by atoms with van der Waals surface area (Å²) in [5.41, 5.74) is 0.256. The standard InChI is InChI=1S/C18H15ClF2N2O5/c19-11-4-3-5-12(8-11)23-15(24)10-27-16(25)9-22-17(26)13-6-1-2-7-14(13)28-18(20)21/h1-8,18H,9-10H2,(H,22,26)(H,23,24). The molecule has 2 amide bonds. The SMILES string of the molecule is O=C(COC(=O)CNC(=O)c1ccccc1OC(F)F)Nc1cccc(Cl)c1. The van der Waals surface area contributed by atoms with Crippen LogP contribution in [0.2, 0.25) is 5.02 Å². The Bertz CT molecular complexity index is 863. The van der Waals surface area contributed by atoms with Gasteiger partial charge in [0.15, 0.2) is 6.61 Å².